The van der Waals surface area contributed by atoms with Gasteiger partial charge in [0.15, 0.2) is 5.96 Å². The van der Waals surface area contributed by atoms with Crippen molar-refractivity contribution in [3.05, 3.63) is 35.6 Å². The lowest BCUT2D eigenvalue weighted by molar-refractivity contribution is -0.0606. The topological polar surface area (TPSA) is 46.1 Å². The zero-order valence-electron chi connectivity index (χ0n) is 14.4. The van der Waals surface area contributed by atoms with Crippen molar-refractivity contribution >= 4 is 5.96 Å². The number of rotatable bonds is 3. The van der Waals surface area contributed by atoms with Crippen LogP contribution in [0.2, 0.25) is 0 Å². The number of guanidine groups is 1. The van der Waals surface area contributed by atoms with Gasteiger partial charge >= 0.3 is 0 Å². The Bertz CT molecular complexity index is 558. The summed E-state index contributed by atoms with van der Waals surface area (Å²) in [5.74, 6) is 0.640. The van der Waals surface area contributed by atoms with Crippen LogP contribution >= 0.6 is 0 Å². The van der Waals surface area contributed by atoms with Gasteiger partial charge in [0.2, 0.25) is 0 Å². The molecule has 0 spiro atoms. The standard InChI is InChI=1S/C18H26FN3O2/c1-13-11-22(18(20-2)21-10-16-4-3-9-23-16)12-17(24-13)14-5-7-15(19)8-6-14/h5-8,13,16-17H,3-4,9-12H2,1-2H3,(H,20,21). The van der Waals surface area contributed by atoms with Gasteiger partial charge in [0, 0.05) is 26.7 Å². The second kappa shape index (κ2) is 7.94. The second-order valence-electron chi connectivity index (χ2n) is 6.46. The van der Waals surface area contributed by atoms with E-state index >= 15 is 0 Å². The highest BCUT2D eigenvalue weighted by molar-refractivity contribution is 5.80. The molecule has 0 aromatic heterocycles. The van der Waals surface area contributed by atoms with Gasteiger partial charge < -0.3 is 19.7 Å². The predicted molar refractivity (Wildman–Crippen MR) is 91.6 cm³/mol. The smallest absolute Gasteiger partial charge is 0.193 e. The first-order chi connectivity index (χ1) is 11.7. The average molecular weight is 335 g/mol. The van der Waals surface area contributed by atoms with E-state index in [-0.39, 0.29) is 24.1 Å². The van der Waals surface area contributed by atoms with E-state index in [1.807, 2.05) is 0 Å². The molecule has 3 atom stereocenters. The number of aliphatic imine (C=N–C) groups is 1. The van der Waals surface area contributed by atoms with Crippen LogP contribution in [0.1, 0.15) is 31.4 Å². The fraction of sp³-hybridized carbons (Fsp3) is 0.611. The SMILES string of the molecule is CN=C(NCC1CCCO1)N1CC(C)OC(c2ccc(F)cc2)C1. The molecule has 24 heavy (non-hydrogen) atoms. The van der Waals surface area contributed by atoms with E-state index < -0.39 is 0 Å². The normalized spacial score (nSPS) is 28.2. The number of benzene rings is 1. The molecule has 2 aliphatic rings. The number of hydrogen-bond acceptors (Lipinski definition) is 3. The van der Waals surface area contributed by atoms with Gasteiger partial charge in [-0.05, 0) is 37.5 Å². The third-order valence-corrected chi connectivity index (χ3v) is 4.53. The first-order valence-electron chi connectivity index (χ1n) is 8.64. The molecular formula is C18H26FN3O2. The lowest BCUT2D eigenvalue weighted by Crippen LogP contribution is -2.51. The third-order valence-electron chi connectivity index (χ3n) is 4.53. The predicted octanol–water partition coefficient (Wildman–Crippen LogP) is 2.34. The van der Waals surface area contributed by atoms with Crippen LogP contribution in [0.5, 0.6) is 0 Å². The Morgan fingerprint density at radius 2 is 2.12 bits per heavy atom. The molecule has 2 aliphatic heterocycles. The van der Waals surface area contributed by atoms with E-state index in [0.29, 0.717) is 6.54 Å². The molecule has 1 aromatic carbocycles. The Morgan fingerprint density at radius 1 is 1.33 bits per heavy atom. The Labute approximate surface area is 142 Å². The summed E-state index contributed by atoms with van der Waals surface area (Å²) in [6.45, 7) is 5.16. The van der Waals surface area contributed by atoms with E-state index in [1.54, 1.807) is 19.2 Å². The molecule has 0 bridgehead atoms. The van der Waals surface area contributed by atoms with Gasteiger partial charge in [0.25, 0.3) is 0 Å². The monoisotopic (exact) mass is 335 g/mol. The summed E-state index contributed by atoms with van der Waals surface area (Å²) in [4.78, 5) is 6.62. The number of morpholine rings is 1. The molecular weight excluding hydrogens is 309 g/mol. The molecule has 1 aromatic rings. The summed E-state index contributed by atoms with van der Waals surface area (Å²) >= 11 is 0. The summed E-state index contributed by atoms with van der Waals surface area (Å²) in [6.07, 6.45) is 2.49. The van der Waals surface area contributed by atoms with Crippen LogP contribution in [-0.4, -0.2) is 56.4 Å². The van der Waals surface area contributed by atoms with E-state index in [0.717, 1.165) is 44.1 Å². The maximum absolute atomic E-state index is 13.1. The van der Waals surface area contributed by atoms with Crippen LogP contribution in [-0.2, 0) is 9.47 Å². The van der Waals surface area contributed by atoms with E-state index in [4.69, 9.17) is 9.47 Å². The molecule has 2 saturated heterocycles. The molecule has 0 aliphatic carbocycles. The first-order valence-corrected chi connectivity index (χ1v) is 8.64. The molecule has 0 saturated carbocycles. The molecule has 3 rings (SSSR count). The van der Waals surface area contributed by atoms with Gasteiger partial charge in [-0.15, -0.1) is 0 Å². The highest BCUT2D eigenvalue weighted by Crippen LogP contribution is 2.25. The van der Waals surface area contributed by atoms with Crippen molar-refractivity contribution in [1.82, 2.24) is 10.2 Å². The lowest BCUT2D eigenvalue weighted by Gasteiger charge is -2.39. The minimum Gasteiger partial charge on any atom is -0.376 e. The summed E-state index contributed by atoms with van der Waals surface area (Å²) in [5.41, 5.74) is 0.988. The van der Waals surface area contributed by atoms with Crippen LogP contribution in [0.25, 0.3) is 0 Å². The van der Waals surface area contributed by atoms with E-state index in [9.17, 15) is 4.39 Å². The quantitative estimate of drug-likeness (QED) is 0.680. The van der Waals surface area contributed by atoms with Crippen molar-refractivity contribution in [2.24, 2.45) is 4.99 Å². The van der Waals surface area contributed by atoms with Crippen molar-refractivity contribution in [1.29, 1.82) is 0 Å². The Kier molecular flexibility index (Phi) is 5.68. The first kappa shape index (κ1) is 17.2. The highest BCUT2D eigenvalue weighted by atomic mass is 19.1. The fourth-order valence-corrected chi connectivity index (χ4v) is 3.33. The van der Waals surface area contributed by atoms with Gasteiger partial charge in [-0.25, -0.2) is 4.39 Å². The maximum atomic E-state index is 13.1. The average Bonchev–Trinajstić information content (AvgIpc) is 3.09. The molecule has 5 nitrogen and oxygen atoms in total. The Hall–Kier alpha value is -1.66. The van der Waals surface area contributed by atoms with Gasteiger partial charge in [0.1, 0.15) is 11.9 Å². The minimum atomic E-state index is -0.228. The summed E-state index contributed by atoms with van der Waals surface area (Å²) in [7, 11) is 1.80. The molecule has 0 radical (unpaired) electrons. The number of nitrogens with one attached hydrogen (secondary N) is 1. The zero-order valence-corrected chi connectivity index (χ0v) is 14.4. The zero-order chi connectivity index (χ0) is 16.9. The molecule has 1 N–H and O–H groups in total. The molecule has 132 valence electrons. The Morgan fingerprint density at radius 3 is 2.79 bits per heavy atom. The van der Waals surface area contributed by atoms with Crippen LogP contribution in [0.4, 0.5) is 4.39 Å². The van der Waals surface area contributed by atoms with E-state index in [1.165, 1.54) is 12.1 Å². The summed E-state index contributed by atoms with van der Waals surface area (Å²) in [6, 6.07) is 6.54. The number of nitrogens with zero attached hydrogens (tertiary/aromatic N) is 2. The lowest BCUT2D eigenvalue weighted by atomic mass is 10.1. The van der Waals surface area contributed by atoms with Gasteiger partial charge in [-0.2, -0.15) is 0 Å². The Balaban J connectivity index is 1.63. The number of halogens is 1. The van der Waals surface area contributed by atoms with Crippen LogP contribution in [0.3, 0.4) is 0 Å². The van der Waals surface area contributed by atoms with Crippen LogP contribution in [0, 0.1) is 5.82 Å². The molecule has 6 heteroatoms. The fourth-order valence-electron chi connectivity index (χ4n) is 3.33. The van der Waals surface area contributed by atoms with Crippen molar-refractivity contribution in [2.45, 2.75) is 38.1 Å². The second-order valence-corrected chi connectivity index (χ2v) is 6.46. The molecule has 2 heterocycles. The maximum Gasteiger partial charge on any atom is 0.193 e. The van der Waals surface area contributed by atoms with Crippen molar-refractivity contribution < 1.29 is 13.9 Å². The molecule has 2 fully saturated rings. The van der Waals surface area contributed by atoms with Crippen LogP contribution < -0.4 is 5.32 Å². The van der Waals surface area contributed by atoms with Gasteiger partial charge in [0.05, 0.1) is 18.8 Å². The largest absolute Gasteiger partial charge is 0.376 e. The summed E-state index contributed by atoms with van der Waals surface area (Å²) in [5, 5.41) is 3.42. The number of hydrogen-bond donors (Lipinski definition) is 1. The van der Waals surface area contributed by atoms with Crippen molar-refractivity contribution in [3.8, 4) is 0 Å². The van der Waals surface area contributed by atoms with Crippen LogP contribution in [0.15, 0.2) is 29.3 Å². The van der Waals surface area contributed by atoms with Crippen molar-refractivity contribution in [3.63, 3.8) is 0 Å². The van der Waals surface area contributed by atoms with Gasteiger partial charge in [-0.1, -0.05) is 12.1 Å². The minimum absolute atomic E-state index is 0.0788. The van der Waals surface area contributed by atoms with Crippen molar-refractivity contribution in [2.75, 3.05) is 33.3 Å². The number of ether oxygens (including phenoxy) is 2. The van der Waals surface area contributed by atoms with E-state index in [2.05, 4.69) is 22.1 Å². The summed E-state index contributed by atoms with van der Waals surface area (Å²) < 4.78 is 24.9. The van der Waals surface area contributed by atoms with Gasteiger partial charge in [-0.3, -0.25) is 4.99 Å². The molecule has 3 unspecified atom stereocenters. The third kappa shape index (κ3) is 4.24. The highest BCUT2D eigenvalue weighted by Gasteiger charge is 2.28. The molecule has 0 amide bonds.